The lowest BCUT2D eigenvalue weighted by atomic mass is 10.2. The number of Topliss-reactive ketones (excluding diaryl/α,β-unsaturated/α-hetero) is 1. The van der Waals surface area contributed by atoms with Crippen LogP contribution in [0.25, 0.3) is 0 Å². The van der Waals surface area contributed by atoms with Crippen molar-refractivity contribution >= 4 is 28.7 Å². The van der Waals surface area contributed by atoms with E-state index in [1.165, 1.54) is 16.4 Å². The number of ketones is 1. The Bertz CT molecular complexity index is 448. The van der Waals surface area contributed by atoms with E-state index < -0.39 is 0 Å². The van der Waals surface area contributed by atoms with Crippen molar-refractivity contribution in [3.8, 4) is 0 Å². The minimum absolute atomic E-state index is 0.0493. The molecule has 0 amide bonds. The first-order chi connectivity index (χ1) is 7.29. The number of hydrogen-bond donors (Lipinski definition) is 0. The molecule has 0 fully saturated rings. The number of aromatic nitrogens is 2. The van der Waals surface area contributed by atoms with Gasteiger partial charge in [-0.1, -0.05) is 11.4 Å². The Labute approximate surface area is 95.9 Å². The third-order valence-corrected chi connectivity index (χ3v) is 3.78. The van der Waals surface area contributed by atoms with E-state index in [4.69, 9.17) is 0 Å². The number of thiophene rings is 1. The minimum atomic E-state index is 0.0493. The van der Waals surface area contributed by atoms with Crippen LogP contribution in [0.2, 0.25) is 0 Å². The molecule has 0 aromatic carbocycles. The average Bonchev–Trinajstić information content (AvgIpc) is 2.87. The maximum absolute atomic E-state index is 11.7. The molecule has 0 spiro atoms. The van der Waals surface area contributed by atoms with E-state index >= 15 is 0 Å². The van der Waals surface area contributed by atoms with Gasteiger partial charge in [-0.2, -0.15) is 0 Å². The van der Waals surface area contributed by atoms with Crippen molar-refractivity contribution in [3.63, 3.8) is 0 Å². The van der Waals surface area contributed by atoms with Gasteiger partial charge in [-0.15, -0.1) is 16.4 Å². The zero-order chi connectivity index (χ0) is 10.7. The highest BCUT2D eigenvalue weighted by Crippen LogP contribution is 2.18. The first-order valence-corrected chi connectivity index (χ1v) is 6.32. The summed E-state index contributed by atoms with van der Waals surface area (Å²) in [5.41, 5.74) is 0.478. The lowest BCUT2D eigenvalue weighted by molar-refractivity contribution is 0.0989. The highest BCUT2D eigenvalue weighted by atomic mass is 32.1. The van der Waals surface area contributed by atoms with Gasteiger partial charge in [0.25, 0.3) is 0 Å². The Balaban J connectivity index is 2.06. The first kappa shape index (κ1) is 10.4. The number of rotatable bonds is 4. The van der Waals surface area contributed by atoms with Crippen molar-refractivity contribution in [2.45, 2.75) is 19.8 Å². The molecule has 0 aliphatic rings. The fourth-order valence-corrected chi connectivity index (χ4v) is 2.66. The largest absolute Gasteiger partial charge is 0.292 e. The van der Waals surface area contributed by atoms with E-state index in [0.29, 0.717) is 12.1 Å². The minimum Gasteiger partial charge on any atom is -0.292 e. The van der Waals surface area contributed by atoms with Crippen LogP contribution in [0.3, 0.4) is 0 Å². The predicted octanol–water partition coefficient (Wildman–Crippen LogP) is 2.59. The summed E-state index contributed by atoms with van der Waals surface area (Å²) >= 11 is 2.90. The summed E-state index contributed by atoms with van der Waals surface area (Å²) in [6.45, 7) is 2.11. The van der Waals surface area contributed by atoms with Gasteiger partial charge < -0.3 is 0 Å². The maximum Gasteiger partial charge on any atom is 0.189 e. The number of aryl methyl sites for hydroxylation is 1. The number of nitrogens with zero attached hydrogens (tertiary/aromatic N) is 2. The Morgan fingerprint density at radius 3 is 2.80 bits per heavy atom. The van der Waals surface area contributed by atoms with Gasteiger partial charge in [0, 0.05) is 21.6 Å². The SMILES string of the molecule is CCc1ccc(CC(=O)c2csnn2)s1. The third-order valence-electron chi connectivity index (χ3n) is 2.05. The van der Waals surface area contributed by atoms with Crippen molar-refractivity contribution in [1.29, 1.82) is 0 Å². The molecule has 2 rings (SSSR count). The second-order valence-corrected chi connectivity index (χ2v) is 4.97. The normalized spacial score (nSPS) is 10.5. The lowest BCUT2D eigenvalue weighted by Gasteiger charge is -1.92. The van der Waals surface area contributed by atoms with Gasteiger partial charge in [0.2, 0.25) is 0 Å². The van der Waals surface area contributed by atoms with Crippen molar-refractivity contribution < 1.29 is 4.79 Å². The molecule has 0 aliphatic carbocycles. The average molecular weight is 238 g/mol. The van der Waals surface area contributed by atoms with Crippen molar-refractivity contribution in [1.82, 2.24) is 9.59 Å². The molecule has 0 unspecified atom stereocenters. The summed E-state index contributed by atoms with van der Waals surface area (Å²) in [5.74, 6) is 0.0493. The Kier molecular flexibility index (Phi) is 3.23. The maximum atomic E-state index is 11.7. The summed E-state index contributed by atoms with van der Waals surface area (Å²) in [7, 11) is 0. The molecule has 0 saturated heterocycles. The first-order valence-electron chi connectivity index (χ1n) is 4.67. The Morgan fingerprint density at radius 2 is 2.20 bits per heavy atom. The molecule has 0 radical (unpaired) electrons. The smallest absolute Gasteiger partial charge is 0.189 e. The molecule has 3 nitrogen and oxygen atoms in total. The molecule has 2 heterocycles. The van der Waals surface area contributed by atoms with E-state index in [-0.39, 0.29) is 5.78 Å². The van der Waals surface area contributed by atoms with Crippen LogP contribution in [-0.4, -0.2) is 15.4 Å². The number of carbonyl (C=O) groups excluding carboxylic acids is 1. The molecule has 0 bridgehead atoms. The van der Waals surface area contributed by atoms with Crippen LogP contribution in [0.5, 0.6) is 0 Å². The van der Waals surface area contributed by atoms with Crippen molar-refractivity contribution in [2.75, 3.05) is 0 Å². The molecule has 5 heteroatoms. The molecule has 0 N–H and O–H groups in total. The third kappa shape index (κ3) is 2.49. The second-order valence-electron chi connectivity index (χ2n) is 3.11. The van der Waals surface area contributed by atoms with Crippen LogP contribution in [0.15, 0.2) is 17.5 Å². The Hall–Kier alpha value is -1.07. The van der Waals surface area contributed by atoms with E-state index in [1.54, 1.807) is 16.7 Å². The van der Waals surface area contributed by atoms with Gasteiger partial charge in [-0.3, -0.25) is 4.79 Å². The number of hydrogen-bond acceptors (Lipinski definition) is 5. The molecular weight excluding hydrogens is 228 g/mol. The quantitative estimate of drug-likeness (QED) is 0.769. The van der Waals surface area contributed by atoms with E-state index in [9.17, 15) is 4.79 Å². The van der Waals surface area contributed by atoms with Gasteiger partial charge in [0.1, 0.15) is 5.69 Å². The molecule has 15 heavy (non-hydrogen) atoms. The lowest BCUT2D eigenvalue weighted by Crippen LogP contribution is -2.02. The van der Waals surface area contributed by atoms with Crippen LogP contribution in [0.4, 0.5) is 0 Å². The van der Waals surface area contributed by atoms with Crippen molar-refractivity contribution in [3.05, 3.63) is 33.0 Å². The second kappa shape index (κ2) is 4.63. The van der Waals surface area contributed by atoms with Gasteiger partial charge in [-0.05, 0) is 30.1 Å². The fourth-order valence-electron chi connectivity index (χ4n) is 1.24. The monoisotopic (exact) mass is 238 g/mol. The van der Waals surface area contributed by atoms with E-state index in [0.717, 1.165) is 11.3 Å². The molecule has 78 valence electrons. The molecule has 0 saturated carbocycles. The van der Waals surface area contributed by atoms with Crippen LogP contribution in [-0.2, 0) is 12.8 Å². The molecule has 2 aromatic rings. The van der Waals surface area contributed by atoms with Gasteiger partial charge in [0.15, 0.2) is 5.78 Å². The summed E-state index contributed by atoms with van der Waals surface area (Å²) in [6, 6.07) is 4.09. The highest BCUT2D eigenvalue weighted by molar-refractivity contribution is 7.12. The van der Waals surface area contributed by atoms with Gasteiger partial charge in [0.05, 0.1) is 0 Å². The fraction of sp³-hybridized carbons (Fsp3) is 0.300. The molecule has 0 aliphatic heterocycles. The summed E-state index contributed by atoms with van der Waals surface area (Å²) < 4.78 is 3.68. The van der Waals surface area contributed by atoms with Crippen molar-refractivity contribution in [2.24, 2.45) is 0 Å². The van der Waals surface area contributed by atoms with E-state index in [2.05, 4.69) is 22.6 Å². The van der Waals surface area contributed by atoms with Crippen LogP contribution in [0, 0.1) is 0 Å². The molecule has 0 atom stereocenters. The standard InChI is InChI=1S/C10H10N2OS2/c1-2-7-3-4-8(15-7)5-10(13)9-6-14-12-11-9/h3-4,6H,2,5H2,1H3. The van der Waals surface area contributed by atoms with Crippen LogP contribution < -0.4 is 0 Å². The highest BCUT2D eigenvalue weighted by Gasteiger charge is 2.11. The van der Waals surface area contributed by atoms with Gasteiger partial charge in [-0.25, -0.2) is 0 Å². The summed E-state index contributed by atoms with van der Waals surface area (Å²) in [6.07, 6.45) is 1.47. The zero-order valence-corrected chi connectivity index (χ0v) is 9.90. The van der Waals surface area contributed by atoms with Crippen LogP contribution in [0.1, 0.15) is 27.2 Å². The summed E-state index contributed by atoms with van der Waals surface area (Å²) in [4.78, 5) is 14.1. The molecule has 2 aromatic heterocycles. The molecular formula is C10H10N2OS2. The predicted molar refractivity (Wildman–Crippen MR) is 61.6 cm³/mol. The van der Waals surface area contributed by atoms with E-state index in [1.807, 2.05) is 6.07 Å². The zero-order valence-electron chi connectivity index (χ0n) is 8.27. The Morgan fingerprint density at radius 1 is 1.40 bits per heavy atom. The summed E-state index contributed by atoms with van der Waals surface area (Å²) in [5, 5.41) is 5.45. The topological polar surface area (TPSA) is 42.9 Å². The van der Waals surface area contributed by atoms with Gasteiger partial charge >= 0.3 is 0 Å². The van der Waals surface area contributed by atoms with Crippen LogP contribution >= 0.6 is 22.9 Å². The number of carbonyl (C=O) groups is 1.